The van der Waals surface area contributed by atoms with Crippen LogP contribution in [0.4, 0.5) is 11.4 Å². The number of carbonyl (C=O) groups excluding carboxylic acids is 2. The van der Waals surface area contributed by atoms with E-state index in [9.17, 15) is 9.59 Å². The number of fused-ring (bicyclic) bond motifs is 1. The first-order chi connectivity index (χ1) is 10.2. The van der Waals surface area contributed by atoms with E-state index in [1.165, 1.54) is 17.0 Å². The third-order valence-corrected chi connectivity index (χ3v) is 3.18. The molecule has 2 aromatic carbocycles. The maximum absolute atomic E-state index is 12.2. The lowest BCUT2D eigenvalue weighted by Crippen LogP contribution is -2.35. The highest BCUT2D eigenvalue weighted by atomic mass is 16.5. The molecule has 2 aromatic rings. The molecule has 0 saturated heterocycles. The van der Waals surface area contributed by atoms with E-state index in [0.717, 1.165) is 0 Å². The molecule has 21 heavy (non-hydrogen) atoms. The van der Waals surface area contributed by atoms with E-state index in [1.807, 2.05) is 18.2 Å². The second-order valence-corrected chi connectivity index (χ2v) is 4.48. The molecule has 6 heteroatoms. The van der Waals surface area contributed by atoms with Gasteiger partial charge >= 0.3 is 0 Å². The third kappa shape index (κ3) is 2.32. The van der Waals surface area contributed by atoms with Crippen molar-refractivity contribution < 1.29 is 19.5 Å². The van der Waals surface area contributed by atoms with Crippen LogP contribution in [-0.4, -0.2) is 23.6 Å². The fraction of sp³-hybridized carbons (Fsp3) is 0.0667. The van der Waals surface area contributed by atoms with Crippen LogP contribution >= 0.6 is 0 Å². The van der Waals surface area contributed by atoms with Crippen molar-refractivity contribution in [3.63, 3.8) is 0 Å². The van der Waals surface area contributed by atoms with Gasteiger partial charge in [0.15, 0.2) is 6.61 Å². The molecule has 0 unspecified atom stereocenters. The number of anilines is 2. The van der Waals surface area contributed by atoms with Gasteiger partial charge in [0.25, 0.3) is 11.8 Å². The van der Waals surface area contributed by atoms with E-state index in [-0.39, 0.29) is 18.1 Å². The molecular formula is C15H12N2O4. The first-order valence-corrected chi connectivity index (χ1v) is 6.30. The molecule has 0 radical (unpaired) electrons. The van der Waals surface area contributed by atoms with E-state index >= 15 is 0 Å². The van der Waals surface area contributed by atoms with Crippen molar-refractivity contribution in [1.29, 1.82) is 0 Å². The summed E-state index contributed by atoms with van der Waals surface area (Å²) in [5, 5.41) is 8.72. The summed E-state index contributed by atoms with van der Waals surface area (Å²) in [6.45, 7) is -0.0621. The standard InChI is InChI=1S/C15H12N2O4/c18-14-9-21-13-7-6-10(15(19)16-20)8-12(13)17(14)11-4-2-1-3-5-11/h1-8,20H,9H2,(H,16,19). The average Bonchev–Trinajstić information content (AvgIpc) is 2.54. The fourth-order valence-electron chi connectivity index (χ4n) is 2.22. The van der Waals surface area contributed by atoms with E-state index in [0.29, 0.717) is 17.1 Å². The van der Waals surface area contributed by atoms with Crippen molar-refractivity contribution in [1.82, 2.24) is 5.48 Å². The first-order valence-electron chi connectivity index (χ1n) is 6.30. The van der Waals surface area contributed by atoms with Gasteiger partial charge in [0.05, 0.1) is 5.69 Å². The number of hydroxylamine groups is 1. The SMILES string of the molecule is O=C(NO)c1ccc2c(c1)N(c1ccccc1)C(=O)CO2. The van der Waals surface area contributed by atoms with E-state index in [1.54, 1.807) is 23.7 Å². The van der Waals surface area contributed by atoms with Gasteiger partial charge in [-0.05, 0) is 30.3 Å². The molecule has 0 saturated carbocycles. The van der Waals surface area contributed by atoms with E-state index in [4.69, 9.17) is 9.94 Å². The van der Waals surface area contributed by atoms with Gasteiger partial charge in [0.1, 0.15) is 5.75 Å². The van der Waals surface area contributed by atoms with Crippen molar-refractivity contribution in [2.24, 2.45) is 0 Å². The Labute approximate surface area is 120 Å². The monoisotopic (exact) mass is 284 g/mol. The number of nitrogens with one attached hydrogen (secondary N) is 1. The molecule has 106 valence electrons. The Morgan fingerprint density at radius 2 is 1.95 bits per heavy atom. The number of benzene rings is 2. The van der Waals surface area contributed by atoms with Crippen LogP contribution in [0.1, 0.15) is 10.4 Å². The number of ether oxygens (including phenoxy) is 1. The molecule has 1 aliphatic rings. The molecule has 0 aromatic heterocycles. The molecule has 2 amide bonds. The van der Waals surface area contributed by atoms with Gasteiger partial charge in [0.2, 0.25) is 0 Å². The number of nitrogens with zero attached hydrogens (tertiary/aromatic N) is 1. The summed E-state index contributed by atoms with van der Waals surface area (Å²) in [6, 6.07) is 13.7. The van der Waals surface area contributed by atoms with Crippen LogP contribution in [0.25, 0.3) is 0 Å². The van der Waals surface area contributed by atoms with Gasteiger partial charge in [-0.1, -0.05) is 18.2 Å². The first kappa shape index (κ1) is 13.1. The van der Waals surface area contributed by atoms with Crippen LogP contribution in [0, 0.1) is 0 Å². The predicted molar refractivity (Wildman–Crippen MR) is 74.8 cm³/mol. The highest BCUT2D eigenvalue weighted by molar-refractivity contribution is 6.05. The minimum Gasteiger partial charge on any atom is -0.482 e. The molecule has 0 bridgehead atoms. The summed E-state index contributed by atoms with van der Waals surface area (Å²) in [4.78, 5) is 25.2. The largest absolute Gasteiger partial charge is 0.482 e. The Kier molecular flexibility index (Phi) is 3.29. The normalized spacial score (nSPS) is 13.4. The van der Waals surface area contributed by atoms with Gasteiger partial charge < -0.3 is 4.74 Å². The number of para-hydroxylation sites is 1. The highest BCUT2D eigenvalue weighted by Gasteiger charge is 2.27. The van der Waals surface area contributed by atoms with E-state index < -0.39 is 5.91 Å². The van der Waals surface area contributed by atoms with Crippen LogP contribution in [0.15, 0.2) is 48.5 Å². The van der Waals surface area contributed by atoms with E-state index in [2.05, 4.69) is 0 Å². The summed E-state index contributed by atoms with van der Waals surface area (Å²) in [7, 11) is 0. The second kappa shape index (κ2) is 5.26. The Morgan fingerprint density at radius 3 is 2.67 bits per heavy atom. The maximum atomic E-state index is 12.2. The zero-order valence-corrected chi connectivity index (χ0v) is 10.9. The Balaban J connectivity index is 2.11. The molecular weight excluding hydrogens is 272 g/mol. The molecule has 0 atom stereocenters. The summed E-state index contributed by atoms with van der Waals surface area (Å²) in [5.41, 5.74) is 2.96. The summed E-state index contributed by atoms with van der Waals surface area (Å²) >= 11 is 0. The molecule has 0 aliphatic carbocycles. The third-order valence-electron chi connectivity index (χ3n) is 3.18. The van der Waals surface area contributed by atoms with Crippen molar-refractivity contribution in [2.75, 3.05) is 11.5 Å². The van der Waals surface area contributed by atoms with Gasteiger partial charge in [-0.15, -0.1) is 0 Å². The van der Waals surface area contributed by atoms with Crippen LogP contribution in [-0.2, 0) is 4.79 Å². The summed E-state index contributed by atoms with van der Waals surface area (Å²) in [6.07, 6.45) is 0. The van der Waals surface area contributed by atoms with Crippen molar-refractivity contribution >= 4 is 23.2 Å². The minimum atomic E-state index is -0.649. The number of amides is 2. The fourth-order valence-corrected chi connectivity index (χ4v) is 2.22. The van der Waals surface area contributed by atoms with Crippen molar-refractivity contribution in [3.8, 4) is 5.75 Å². The molecule has 0 spiro atoms. The molecule has 3 rings (SSSR count). The lowest BCUT2D eigenvalue weighted by atomic mass is 10.1. The summed E-state index contributed by atoms with van der Waals surface area (Å²) in [5.74, 6) is -0.368. The minimum absolute atomic E-state index is 0.0621. The van der Waals surface area contributed by atoms with Gasteiger partial charge in [-0.2, -0.15) is 0 Å². The lowest BCUT2D eigenvalue weighted by Gasteiger charge is -2.29. The van der Waals surface area contributed by atoms with Crippen molar-refractivity contribution in [2.45, 2.75) is 0 Å². The van der Waals surface area contributed by atoms with Gasteiger partial charge in [-0.25, -0.2) is 5.48 Å². The summed E-state index contributed by atoms with van der Waals surface area (Å²) < 4.78 is 5.37. The Bertz CT molecular complexity index is 700. The number of carbonyl (C=O) groups is 2. The smallest absolute Gasteiger partial charge is 0.274 e. The number of rotatable bonds is 2. The molecule has 1 aliphatic heterocycles. The predicted octanol–water partition coefficient (Wildman–Crippen LogP) is 1.86. The molecule has 0 fully saturated rings. The van der Waals surface area contributed by atoms with Crippen LogP contribution in [0.3, 0.4) is 0 Å². The lowest BCUT2D eigenvalue weighted by molar-refractivity contribution is -0.120. The van der Waals surface area contributed by atoms with Crippen LogP contribution in [0.5, 0.6) is 5.75 Å². The average molecular weight is 284 g/mol. The Hall–Kier alpha value is -2.86. The number of hydrogen-bond acceptors (Lipinski definition) is 4. The quantitative estimate of drug-likeness (QED) is 0.651. The zero-order valence-electron chi connectivity index (χ0n) is 10.9. The van der Waals surface area contributed by atoms with Crippen LogP contribution in [0.2, 0.25) is 0 Å². The zero-order chi connectivity index (χ0) is 14.8. The second-order valence-electron chi connectivity index (χ2n) is 4.48. The molecule has 1 heterocycles. The highest BCUT2D eigenvalue weighted by Crippen LogP contribution is 2.37. The Morgan fingerprint density at radius 1 is 1.19 bits per heavy atom. The maximum Gasteiger partial charge on any atom is 0.274 e. The van der Waals surface area contributed by atoms with Crippen molar-refractivity contribution in [3.05, 3.63) is 54.1 Å². The van der Waals surface area contributed by atoms with Crippen LogP contribution < -0.4 is 15.1 Å². The topological polar surface area (TPSA) is 78.9 Å². The molecule has 2 N–H and O–H groups in total. The van der Waals surface area contributed by atoms with Gasteiger partial charge in [0, 0.05) is 11.3 Å². The number of hydrogen-bond donors (Lipinski definition) is 2. The molecule has 6 nitrogen and oxygen atoms in total. The van der Waals surface area contributed by atoms with Gasteiger partial charge in [-0.3, -0.25) is 19.7 Å².